The van der Waals surface area contributed by atoms with Gasteiger partial charge in [-0.3, -0.25) is 0 Å². The van der Waals surface area contributed by atoms with E-state index in [0.717, 1.165) is 0 Å². The lowest BCUT2D eigenvalue weighted by Crippen LogP contribution is -2.46. The zero-order valence-corrected chi connectivity index (χ0v) is 12.0. The summed E-state index contributed by atoms with van der Waals surface area (Å²) in [5.74, 6) is 1.11. The summed E-state index contributed by atoms with van der Waals surface area (Å²) in [6, 6.07) is 4.68. The molecule has 6 nitrogen and oxygen atoms in total. The van der Waals surface area contributed by atoms with E-state index < -0.39 is 17.3 Å². The molecule has 3 rings (SSSR count). The summed E-state index contributed by atoms with van der Waals surface area (Å²) in [5, 5.41) is 10.7. The fourth-order valence-electron chi connectivity index (χ4n) is 2.23. The standard InChI is InChI=1S/C15H16O6/c1-15(2,17)10-7-19-9-6-8-4-5-11(16)21-12(8)14(18-3)13(9)20-10/h4-6,10,17H,7H2,1-3H3. The normalized spacial score (nSPS) is 17.8. The lowest BCUT2D eigenvalue weighted by molar-refractivity contribution is -0.0661. The highest BCUT2D eigenvalue weighted by Gasteiger charge is 2.36. The van der Waals surface area contributed by atoms with Crippen LogP contribution in [-0.4, -0.2) is 30.5 Å². The third-order valence-corrected chi connectivity index (χ3v) is 3.43. The van der Waals surface area contributed by atoms with Crippen molar-refractivity contribution in [3.63, 3.8) is 0 Å². The lowest BCUT2D eigenvalue weighted by atomic mass is 10.0. The highest BCUT2D eigenvalue weighted by atomic mass is 16.6. The average molecular weight is 292 g/mol. The predicted octanol–water partition coefficient (Wildman–Crippen LogP) is 1.71. The summed E-state index contributed by atoms with van der Waals surface area (Å²) in [6.07, 6.45) is -0.549. The first kappa shape index (κ1) is 13.8. The number of ether oxygens (including phenoxy) is 3. The molecule has 0 saturated heterocycles. The molecule has 0 amide bonds. The Bertz CT molecular complexity index is 740. The first-order chi connectivity index (χ1) is 9.90. The van der Waals surface area contributed by atoms with Crippen LogP contribution < -0.4 is 19.8 Å². The Morgan fingerprint density at radius 1 is 1.38 bits per heavy atom. The number of hydrogen-bond donors (Lipinski definition) is 1. The van der Waals surface area contributed by atoms with Crippen molar-refractivity contribution in [2.75, 3.05) is 13.7 Å². The molecule has 1 aromatic heterocycles. The zero-order valence-electron chi connectivity index (χ0n) is 12.0. The monoisotopic (exact) mass is 292 g/mol. The summed E-state index contributed by atoms with van der Waals surface area (Å²) in [7, 11) is 1.46. The van der Waals surface area contributed by atoms with E-state index in [1.165, 1.54) is 13.2 Å². The van der Waals surface area contributed by atoms with Crippen LogP contribution in [0, 0.1) is 0 Å². The Labute approximate surface area is 120 Å². The van der Waals surface area contributed by atoms with Gasteiger partial charge in [-0.15, -0.1) is 0 Å². The topological polar surface area (TPSA) is 78.1 Å². The van der Waals surface area contributed by atoms with Crippen molar-refractivity contribution in [2.45, 2.75) is 25.6 Å². The molecule has 0 fully saturated rings. The quantitative estimate of drug-likeness (QED) is 0.849. The minimum absolute atomic E-state index is 0.224. The van der Waals surface area contributed by atoms with Crippen LogP contribution in [0.5, 0.6) is 17.2 Å². The van der Waals surface area contributed by atoms with Crippen LogP contribution in [0.4, 0.5) is 0 Å². The largest absolute Gasteiger partial charge is 0.490 e. The Morgan fingerprint density at radius 3 is 2.81 bits per heavy atom. The van der Waals surface area contributed by atoms with Gasteiger partial charge in [-0.1, -0.05) is 0 Å². The maximum absolute atomic E-state index is 11.4. The molecule has 0 saturated carbocycles. The fourth-order valence-corrected chi connectivity index (χ4v) is 2.23. The molecule has 1 N–H and O–H groups in total. The smallest absolute Gasteiger partial charge is 0.336 e. The molecule has 2 heterocycles. The molecule has 1 unspecified atom stereocenters. The number of methoxy groups -OCH3 is 1. The Balaban J connectivity index is 2.20. The second kappa shape index (κ2) is 4.66. The lowest BCUT2D eigenvalue weighted by Gasteiger charge is -2.34. The van der Waals surface area contributed by atoms with Crippen LogP contribution in [0.2, 0.25) is 0 Å². The Hall–Kier alpha value is -2.21. The SMILES string of the molecule is COc1c2c(cc3ccc(=O)oc13)OCC(C(C)(C)O)O2. The number of fused-ring (bicyclic) bond motifs is 2. The molecule has 0 bridgehead atoms. The van der Waals surface area contributed by atoms with E-state index in [1.54, 1.807) is 26.0 Å². The van der Waals surface area contributed by atoms with E-state index in [1.807, 2.05) is 0 Å². The number of rotatable bonds is 2. The third kappa shape index (κ3) is 2.31. The molecule has 21 heavy (non-hydrogen) atoms. The van der Waals surface area contributed by atoms with E-state index in [4.69, 9.17) is 18.6 Å². The minimum atomic E-state index is -1.07. The van der Waals surface area contributed by atoms with E-state index in [0.29, 0.717) is 22.5 Å². The van der Waals surface area contributed by atoms with E-state index in [9.17, 15) is 9.90 Å². The first-order valence-corrected chi connectivity index (χ1v) is 6.57. The summed E-state index contributed by atoms with van der Waals surface area (Å²) < 4.78 is 22.0. The van der Waals surface area contributed by atoms with Gasteiger partial charge in [0, 0.05) is 11.5 Å². The van der Waals surface area contributed by atoms with Crippen LogP contribution in [0.15, 0.2) is 27.4 Å². The molecule has 6 heteroatoms. The van der Waals surface area contributed by atoms with Crippen molar-refractivity contribution >= 4 is 11.0 Å². The molecule has 0 radical (unpaired) electrons. The molecule has 1 aliphatic rings. The van der Waals surface area contributed by atoms with Gasteiger partial charge in [0.25, 0.3) is 0 Å². The average Bonchev–Trinajstić information content (AvgIpc) is 2.43. The van der Waals surface area contributed by atoms with Crippen molar-refractivity contribution in [2.24, 2.45) is 0 Å². The molecule has 1 aliphatic heterocycles. The number of aliphatic hydroxyl groups is 1. The molecule has 1 aromatic carbocycles. The van der Waals surface area contributed by atoms with Gasteiger partial charge in [0.05, 0.1) is 12.7 Å². The molecular weight excluding hydrogens is 276 g/mol. The van der Waals surface area contributed by atoms with Crippen molar-refractivity contribution in [1.82, 2.24) is 0 Å². The van der Waals surface area contributed by atoms with E-state index in [-0.39, 0.29) is 12.4 Å². The summed E-state index contributed by atoms with van der Waals surface area (Å²) >= 11 is 0. The molecular formula is C15H16O6. The van der Waals surface area contributed by atoms with Crippen molar-refractivity contribution in [3.05, 3.63) is 28.6 Å². The highest BCUT2D eigenvalue weighted by Crippen LogP contribution is 2.46. The number of hydrogen-bond acceptors (Lipinski definition) is 6. The van der Waals surface area contributed by atoms with Crippen LogP contribution >= 0.6 is 0 Å². The maximum atomic E-state index is 11.4. The van der Waals surface area contributed by atoms with Crippen LogP contribution in [-0.2, 0) is 0 Å². The van der Waals surface area contributed by atoms with Crippen molar-refractivity contribution in [1.29, 1.82) is 0 Å². The number of benzene rings is 1. The van der Waals surface area contributed by atoms with Crippen molar-refractivity contribution < 1.29 is 23.7 Å². The van der Waals surface area contributed by atoms with Crippen LogP contribution in [0.25, 0.3) is 11.0 Å². The molecule has 0 aliphatic carbocycles. The van der Waals surface area contributed by atoms with Gasteiger partial charge in [-0.2, -0.15) is 0 Å². The molecule has 112 valence electrons. The third-order valence-electron chi connectivity index (χ3n) is 3.43. The molecule has 1 atom stereocenters. The Morgan fingerprint density at radius 2 is 2.14 bits per heavy atom. The van der Waals surface area contributed by atoms with Gasteiger partial charge in [0.1, 0.15) is 6.61 Å². The van der Waals surface area contributed by atoms with Gasteiger partial charge in [-0.05, 0) is 26.0 Å². The summed E-state index contributed by atoms with van der Waals surface area (Å²) in [5.41, 5.74) is -1.25. The van der Waals surface area contributed by atoms with Gasteiger partial charge in [0.15, 0.2) is 17.4 Å². The second-order valence-electron chi connectivity index (χ2n) is 5.48. The maximum Gasteiger partial charge on any atom is 0.336 e. The highest BCUT2D eigenvalue weighted by molar-refractivity contribution is 5.88. The minimum Gasteiger partial charge on any atom is -0.490 e. The Kier molecular flexibility index (Phi) is 3.06. The van der Waals surface area contributed by atoms with E-state index >= 15 is 0 Å². The van der Waals surface area contributed by atoms with Gasteiger partial charge < -0.3 is 23.7 Å². The summed E-state index contributed by atoms with van der Waals surface area (Å²) in [6.45, 7) is 3.50. The second-order valence-corrected chi connectivity index (χ2v) is 5.48. The molecule has 2 aromatic rings. The van der Waals surface area contributed by atoms with Crippen LogP contribution in [0.1, 0.15) is 13.8 Å². The fraction of sp³-hybridized carbons (Fsp3) is 0.400. The summed E-state index contributed by atoms with van der Waals surface area (Å²) in [4.78, 5) is 11.4. The molecule has 0 spiro atoms. The van der Waals surface area contributed by atoms with Crippen molar-refractivity contribution in [3.8, 4) is 17.2 Å². The predicted molar refractivity (Wildman–Crippen MR) is 75.2 cm³/mol. The zero-order chi connectivity index (χ0) is 15.2. The van der Waals surface area contributed by atoms with Gasteiger partial charge >= 0.3 is 5.63 Å². The van der Waals surface area contributed by atoms with Gasteiger partial charge in [-0.25, -0.2) is 4.79 Å². The van der Waals surface area contributed by atoms with Crippen LogP contribution in [0.3, 0.4) is 0 Å². The first-order valence-electron chi connectivity index (χ1n) is 6.57. The van der Waals surface area contributed by atoms with Gasteiger partial charge in [0.2, 0.25) is 11.5 Å². The van der Waals surface area contributed by atoms with E-state index in [2.05, 4.69) is 0 Å².